The summed E-state index contributed by atoms with van der Waals surface area (Å²) in [7, 11) is 1.29. The number of phenols is 1. The van der Waals surface area contributed by atoms with Crippen LogP contribution in [0.5, 0.6) is 5.75 Å². The van der Waals surface area contributed by atoms with E-state index in [4.69, 9.17) is 9.15 Å². The van der Waals surface area contributed by atoms with Gasteiger partial charge in [0.2, 0.25) is 5.55 Å². The van der Waals surface area contributed by atoms with Crippen LogP contribution >= 0.6 is 0 Å². The minimum absolute atomic E-state index is 0.00951. The van der Waals surface area contributed by atoms with Crippen molar-refractivity contribution in [2.75, 3.05) is 12.4 Å². The molecule has 0 unspecified atom stereocenters. The highest BCUT2D eigenvalue weighted by atomic mass is 16.5. The number of phenolic OH excluding ortho intramolecular Hbond substituents is 1. The maximum absolute atomic E-state index is 13.1. The van der Waals surface area contributed by atoms with E-state index in [1.54, 1.807) is 42.5 Å². The van der Waals surface area contributed by atoms with Gasteiger partial charge in [0, 0.05) is 17.1 Å². The Bertz CT molecular complexity index is 1410. The Hall–Kier alpha value is -4.46. The molecular weight excluding hydrogens is 410 g/mol. The first-order chi connectivity index (χ1) is 15.4. The molecule has 0 atom stereocenters. The number of nitrogens with one attached hydrogen (secondary N) is 1. The lowest BCUT2D eigenvalue weighted by atomic mass is 10.1. The summed E-state index contributed by atoms with van der Waals surface area (Å²) in [5.74, 6) is -0.573. The highest BCUT2D eigenvalue weighted by Crippen LogP contribution is 2.21. The summed E-state index contributed by atoms with van der Waals surface area (Å²) in [6.45, 7) is 1.82. The first kappa shape index (κ1) is 20.8. The molecule has 2 heterocycles. The van der Waals surface area contributed by atoms with Crippen molar-refractivity contribution in [2.24, 2.45) is 4.99 Å². The fraction of sp³-hybridized carbons (Fsp3) is 0.0833. The number of hydrogen-bond donors (Lipinski definition) is 2. The Labute approximate surface area is 182 Å². The number of aromatic hydroxyl groups is 1. The highest BCUT2D eigenvalue weighted by molar-refractivity contribution is 6.05. The Kier molecular flexibility index (Phi) is 5.67. The second kappa shape index (κ2) is 8.73. The molecular formula is C24H19N3O5. The summed E-state index contributed by atoms with van der Waals surface area (Å²) in [5, 5.41) is 13.2. The van der Waals surface area contributed by atoms with Gasteiger partial charge in [-0.15, -0.1) is 0 Å². The van der Waals surface area contributed by atoms with Crippen molar-refractivity contribution >= 4 is 34.4 Å². The van der Waals surface area contributed by atoms with E-state index in [0.717, 1.165) is 5.69 Å². The molecule has 2 N–H and O–H groups in total. The number of carbonyl (C=O) groups is 2. The van der Waals surface area contributed by atoms with Gasteiger partial charge in [-0.25, -0.2) is 14.8 Å². The quantitative estimate of drug-likeness (QED) is 0.472. The zero-order valence-corrected chi connectivity index (χ0v) is 17.3. The average Bonchev–Trinajstić information content (AvgIpc) is 2.78. The van der Waals surface area contributed by atoms with E-state index in [1.165, 1.54) is 25.3 Å². The average molecular weight is 429 g/mol. The largest absolute Gasteiger partial charge is 0.508 e. The SMILES string of the molecule is COC(=O)c1cccc(N=c2oc3cc(O)ccc3cc2C(=O)Nc2cccc(C)n2)c1. The third-order valence-corrected chi connectivity index (χ3v) is 4.61. The summed E-state index contributed by atoms with van der Waals surface area (Å²) in [6, 6.07) is 17.9. The Morgan fingerprint density at radius 3 is 2.66 bits per heavy atom. The van der Waals surface area contributed by atoms with E-state index < -0.39 is 11.9 Å². The fourth-order valence-electron chi connectivity index (χ4n) is 3.09. The van der Waals surface area contributed by atoms with Crippen LogP contribution in [-0.4, -0.2) is 29.1 Å². The number of aryl methyl sites for hydroxylation is 1. The molecule has 4 aromatic rings. The summed E-state index contributed by atoms with van der Waals surface area (Å²) in [5.41, 5.74) is 1.97. The van der Waals surface area contributed by atoms with Crippen LogP contribution in [0.25, 0.3) is 11.0 Å². The molecule has 0 fully saturated rings. The second-order valence-corrected chi connectivity index (χ2v) is 6.96. The molecule has 0 aliphatic carbocycles. The van der Waals surface area contributed by atoms with E-state index in [2.05, 4.69) is 15.3 Å². The summed E-state index contributed by atoms with van der Waals surface area (Å²) >= 11 is 0. The number of rotatable bonds is 4. The van der Waals surface area contributed by atoms with Crippen LogP contribution in [0.1, 0.15) is 26.4 Å². The van der Waals surface area contributed by atoms with Crippen LogP contribution in [0.2, 0.25) is 0 Å². The molecule has 160 valence electrons. The monoisotopic (exact) mass is 429 g/mol. The van der Waals surface area contributed by atoms with Crippen molar-refractivity contribution in [2.45, 2.75) is 6.92 Å². The molecule has 32 heavy (non-hydrogen) atoms. The lowest BCUT2D eigenvalue weighted by Crippen LogP contribution is -2.22. The van der Waals surface area contributed by atoms with Gasteiger partial charge in [-0.2, -0.15) is 0 Å². The Morgan fingerprint density at radius 2 is 1.88 bits per heavy atom. The predicted octanol–water partition coefficient (Wildman–Crippen LogP) is 4.11. The minimum atomic E-state index is -0.508. The fourth-order valence-corrected chi connectivity index (χ4v) is 3.09. The zero-order chi connectivity index (χ0) is 22.7. The van der Waals surface area contributed by atoms with Gasteiger partial charge < -0.3 is 19.6 Å². The number of hydrogen-bond acceptors (Lipinski definition) is 7. The maximum atomic E-state index is 13.1. The molecule has 8 heteroatoms. The van der Waals surface area contributed by atoms with Crippen LogP contribution in [0.15, 0.2) is 76.1 Å². The normalized spacial score (nSPS) is 11.4. The second-order valence-electron chi connectivity index (χ2n) is 6.96. The van der Waals surface area contributed by atoms with Gasteiger partial charge in [0.1, 0.15) is 22.7 Å². The van der Waals surface area contributed by atoms with Crippen molar-refractivity contribution in [3.63, 3.8) is 0 Å². The van der Waals surface area contributed by atoms with Crippen molar-refractivity contribution in [3.05, 3.63) is 89.1 Å². The van der Waals surface area contributed by atoms with E-state index in [9.17, 15) is 14.7 Å². The first-order valence-electron chi connectivity index (χ1n) is 9.68. The van der Waals surface area contributed by atoms with E-state index in [0.29, 0.717) is 28.0 Å². The zero-order valence-electron chi connectivity index (χ0n) is 17.3. The van der Waals surface area contributed by atoms with Crippen molar-refractivity contribution in [3.8, 4) is 5.75 Å². The van der Waals surface area contributed by atoms with E-state index >= 15 is 0 Å². The van der Waals surface area contributed by atoms with Gasteiger partial charge in [-0.05, 0) is 55.5 Å². The van der Waals surface area contributed by atoms with Crippen LogP contribution < -0.4 is 10.9 Å². The smallest absolute Gasteiger partial charge is 0.337 e. The summed E-state index contributed by atoms with van der Waals surface area (Å²) < 4.78 is 10.6. The topological polar surface area (TPSA) is 114 Å². The standard InChI is InChI=1S/C24H19N3O5/c1-14-5-3-8-21(25-14)27-22(29)19-12-15-9-10-18(28)13-20(15)32-23(19)26-17-7-4-6-16(11-17)24(30)31-2/h3-13,28H,1-2H3,(H,25,27,29). The maximum Gasteiger partial charge on any atom is 0.337 e. The van der Waals surface area contributed by atoms with Crippen LogP contribution in [0.3, 0.4) is 0 Å². The molecule has 8 nitrogen and oxygen atoms in total. The number of aromatic nitrogens is 1. The molecule has 4 rings (SSSR count). The number of nitrogens with zero attached hydrogens (tertiary/aromatic N) is 2. The molecule has 0 radical (unpaired) electrons. The van der Waals surface area contributed by atoms with Gasteiger partial charge in [0.25, 0.3) is 5.91 Å². The van der Waals surface area contributed by atoms with Gasteiger partial charge in [0.05, 0.1) is 18.4 Å². The number of carbonyl (C=O) groups excluding carboxylic acids is 2. The molecule has 0 bridgehead atoms. The Morgan fingerprint density at radius 1 is 1.06 bits per heavy atom. The molecule has 0 saturated carbocycles. The molecule has 2 aromatic carbocycles. The molecule has 0 spiro atoms. The number of anilines is 1. The molecule has 1 amide bonds. The number of pyridine rings is 1. The van der Waals surface area contributed by atoms with Crippen LogP contribution in [-0.2, 0) is 4.74 Å². The van der Waals surface area contributed by atoms with Crippen molar-refractivity contribution < 1.29 is 23.8 Å². The molecule has 0 aliphatic rings. The first-order valence-corrected chi connectivity index (χ1v) is 9.68. The van der Waals surface area contributed by atoms with E-state index in [-0.39, 0.29) is 16.9 Å². The number of ether oxygens (including phenoxy) is 1. The van der Waals surface area contributed by atoms with Crippen molar-refractivity contribution in [1.29, 1.82) is 0 Å². The van der Waals surface area contributed by atoms with Gasteiger partial charge in [-0.1, -0.05) is 12.1 Å². The lowest BCUT2D eigenvalue weighted by molar-refractivity contribution is 0.0600. The number of methoxy groups -OCH3 is 1. The van der Waals surface area contributed by atoms with Crippen LogP contribution in [0.4, 0.5) is 11.5 Å². The molecule has 0 saturated heterocycles. The lowest BCUT2D eigenvalue weighted by Gasteiger charge is -2.07. The summed E-state index contributed by atoms with van der Waals surface area (Å²) in [4.78, 5) is 33.7. The molecule has 0 aliphatic heterocycles. The summed E-state index contributed by atoms with van der Waals surface area (Å²) in [6.07, 6.45) is 0. The number of fused-ring (bicyclic) bond motifs is 1. The van der Waals surface area contributed by atoms with Gasteiger partial charge >= 0.3 is 5.97 Å². The van der Waals surface area contributed by atoms with Crippen LogP contribution in [0, 0.1) is 6.92 Å². The number of benzene rings is 2. The van der Waals surface area contributed by atoms with E-state index in [1.807, 2.05) is 13.0 Å². The Balaban J connectivity index is 1.85. The van der Waals surface area contributed by atoms with Gasteiger partial charge in [0.15, 0.2) is 0 Å². The third kappa shape index (κ3) is 4.49. The predicted molar refractivity (Wildman–Crippen MR) is 118 cm³/mol. The van der Waals surface area contributed by atoms with Gasteiger partial charge in [-0.3, -0.25) is 4.79 Å². The number of esters is 1. The molecule has 2 aromatic heterocycles. The highest BCUT2D eigenvalue weighted by Gasteiger charge is 2.15. The number of amides is 1. The third-order valence-electron chi connectivity index (χ3n) is 4.61. The minimum Gasteiger partial charge on any atom is -0.508 e. The van der Waals surface area contributed by atoms with Crippen molar-refractivity contribution in [1.82, 2.24) is 4.98 Å².